The predicted octanol–water partition coefficient (Wildman–Crippen LogP) is 3.33. The first-order chi connectivity index (χ1) is 11.4. The van der Waals surface area contributed by atoms with Crippen LogP contribution < -0.4 is 9.46 Å². The molecule has 24 heavy (non-hydrogen) atoms. The monoisotopic (exact) mass is 418 g/mol. The zero-order valence-corrected chi connectivity index (χ0v) is 14.5. The van der Waals surface area contributed by atoms with E-state index in [1.807, 2.05) is 0 Å². The van der Waals surface area contributed by atoms with Crippen LogP contribution in [0.3, 0.4) is 0 Å². The van der Waals surface area contributed by atoms with Gasteiger partial charge in [-0.1, -0.05) is 15.9 Å². The fourth-order valence-corrected chi connectivity index (χ4v) is 2.60. The van der Waals surface area contributed by atoms with Crippen molar-refractivity contribution in [2.75, 3.05) is 10.1 Å². The lowest BCUT2D eigenvalue weighted by atomic mass is 10.1. The van der Waals surface area contributed by atoms with Crippen LogP contribution in [0.25, 0.3) is 0 Å². The minimum Gasteiger partial charge on any atom is -0.755 e. The lowest BCUT2D eigenvalue weighted by molar-refractivity contribution is 0.102. The van der Waals surface area contributed by atoms with Gasteiger partial charge in [-0.25, -0.2) is 8.78 Å². The Hall–Kier alpha value is -1.84. The molecule has 1 atom stereocenters. The van der Waals surface area contributed by atoms with Crippen molar-refractivity contribution in [2.45, 2.75) is 6.61 Å². The lowest BCUT2D eigenvalue weighted by Gasteiger charge is -2.15. The second-order valence-corrected chi connectivity index (χ2v) is 5.86. The number of benzene rings is 2. The molecule has 0 amide bonds. The molecule has 0 saturated heterocycles. The highest BCUT2D eigenvalue weighted by molar-refractivity contribution is 9.09. The largest absolute Gasteiger partial charge is 0.755 e. The maximum Gasteiger partial charge on any atom is 0.173 e. The number of nitrogens with one attached hydrogen (secondary N) is 1. The van der Waals surface area contributed by atoms with Crippen LogP contribution in [0.1, 0.15) is 15.9 Å². The molecule has 0 spiro atoms. The van der Waals surface area contributed by atoms with Gasteiger partial charge in [-0.3, -0.25) is 9.00 Å². The number of hydrogen-bond donors (Lipinski definition) is 1. The van der Waals surface area contributed by atoms with Gasteiger partial charge in [0.05, 0.1) is 11.0 Å². The molecule has 0 aliphatic carbocycles. The van der Waals surface area contributed by atoms with Crippen LogP contribution in [0.15, 0.2) is 36.4 Å². The van der Waals surface area contributed by atoms with E-state index in [1.165, 1.54) is 18.2 Å². The number of rotatable bonds is 7. The Morgan fingerprint density at radius 1 is 1.25 bits per heavy atom. The molecule has 2 rings (SSSR count). The highest BCUT2D eigenvalue weighted by atomic mass is 79.9. The van der Waals surface area contributed by atoms with Gasteiger partial charge in [-0.15, -0.1) is 0 Å². The number of carbonyl (C=O) groups excluding carboxylic acids is 1. The van der Waals surface area contributed by atoms with Gasteiger partial charge in [-0.05, 0) is 30.3 Å². The van der Waals surface area contributed by atoms with E-state index in [0.717, 1.165) is 12.1 Å². The van der Waals surface area contributed by atoms with Crippen molar-refractivity contribution in [2.24, 2.45) is 0 Å². The first-order valence-electron chi connectivity index (χ1n) is 6.56. The average molecular weight is 419 g/mol. The Morgan fingerprint density at radius 3 is 2.62 bits per heavy atom. The quantitative estimate of drug-likeness (QED) is 0.424. The zero-order chi connectivity index (χ0) is 17.7. The Kier molecular flexibility index (Phi) is 6.41. The normalized spacial score (nSPS) is 11.8. The summed E-state index contributed by atoms with van der Waals surface area (Å²) in [4.78, 5) is 11.7. The van der Waals surface area contributed by atoms with E-state index in [2.05, 4.69) is 20.7 Å². The van der Waals surface area contributed by atoms with Crippen LogP contribution in [0.4, 0.5) is 14.5 Å². The molecule has 1 N–H and O–H groups in total. The third kappa shape index (κ3) is 4.83. The molecular weight excluding hydrogens is 408 g/mol. The molecule has 2 aromatic carbocycles. The van der Waals surface area contributed by atoms with Gasteiger partial charge in [0, 0.05) is 28.5 Å². The van der Waals surface area contributed by atoms with Gasteiger partial charge in [0.15, 0.2) is 17.3 Å². The molecule has 1 unspecified atom stereocenters. The fraction of sp³-hybridized carbons (Fsp3) is 0.133. The van der Waals surface area contributed by atoms with Crippen LogP contribution >= 0.6 is 15.9 Å². The molecule has 0 radical (unpaired) electrons. The van der Waals surface area contributed by atoms with Crippen molar-refractivity contribution in [3.8, 4) is 5.75 Å². The van der Waals surface area contributed by atoms with Crippen molar-refractivity contribution >= 4 is 38.7 Å². The minimum atomic E-state index is -2.57. The van der Waals surface area contributed by atoms with Gasteiger partial charge in [0.2, 0.25) is 0 Å². The zero-order valence-electron chi connectivity index (χ0n) is 12.1. The first kappa shape index (κ1) is 18.5. The molecule has 0 aliphatic rings. The first-order valence-corrected chi connectivity index (χ1v) is 8.76. The van der Waals surface area contributed by atoms with E-state index >= 15 is 0 Å². The number of alkyl halides is 1. The second kappa shape index (κ2) is 8.32. The Bertz CT molecular complexity index is 788. The molecule has 0 bridgehead atoms. The van der Waals surface area contributed by atoms with E-state index < -0.39 is 22.9 Å². The van der Waals surface area contributed by atoms with Gasteiger partial charge < -0.3 is 14.0 Å². The number of anilines is 1. The summed E-state index contributed by atoms with van der Waals surface area (Å²) in [5.74, 6) is -2.03. The third-order valence-electron chi connectivity index (χ3n) is 3.02. The van der Waals surface area contributed by atoms with Crippen LogP contribution in [-0.2, 0) is 17.9 Å². The Balaban J connectivity index is 2.27. The van der Waals surface area contributed by atoms with E-state index in [-0.39, 0.29) is 29.2 Å². The van der Waals surface area contributed by atoms with Crippen molar-refractivity contribution < 1.29 is 27.1 Å². The van der Waals surface area contributed by atoms with E-state index in [1.54, 1.807) is 0 Å². The van der Waals surface area contributed by atoms with Crippen molar-refractivity contribution in [1.29, 1.82) is 0 Å². The van der Waals surface area contributed by atoms with Gasteiger partial charge >= 0.3 is 0 Å². The van der Waals surface area contributed by atoms with Crippen LogP contribution in [0.5, 0.6) is 5.75 Å². The maximum atomic E-state index is 13.6. The van der Waals surface area contributed by atoms with Crippen molar-refractivity contribution in [3.05, 3.63) is 59.2 Å². The van der Waals surface area contributed by atoms with Crippen LogP contribution in [-0.4, -0.2) is 19.9 Å². The van der Waals surface area contributed by atoms with Gasteiger partial charge in [0.1, 0.15) is 12.4 Å². The molecule has 0 saturated carbocycles. The topological polar surface area (TPSA) is 78.5 Å². The SMILES string of the molecule is O=C(CBr)c1ccc(NS(=O)[O-])c(COc2ccc(F)cc2F)c1. The van der Waals surface area contributed by atoms with Crippen molar-refractivity contribution in [1.82, 2.24) is 0 Å². The molecule has 0 aliphatic heterocycles. The Labute approximate surface area is 147 Å². The number of ketones is 1. The summed E-state index contributed by atoms with van der Waals surface area (Å²) in [5.41, 5.74) is 0.860. The minimum absolute atomic E-state index is 0.0974. The molecule has 0 heterocycles. The number of hydrogen-bond acceptors (Lipinski definition) is 4. The molecule has 2 aromatic rings. The fourth-order valence-electron chi connectivity index (χ4n) is 1.90. The third-order valence-corrected chi connectivity index (χ3v) is 3.91. The molecular formula is C15H11BrF2NO4S-. The van der Waals surface area contributed by atoms with Crippen molar-refractivity contribution in [3.63, 3.8) is 0 Å². The summed E-state index contributed by atoms with van der Waals surface area (Å²) in [5, 5.41) is 0.0974. The van der Waals surface area contributed by atoms with Gasteiger partial charge in [0.25, 0.3) is 0 Å². The Morgan fingerprint density at radius 2 is 2.00 bits per heavy atom. The van der Waals surface area contributed by atoms with Crippen LogP contribution in [0.2, 0.25) is 0 Å². The predicted molar refractivity (Wildman–Crippen MR) is 87.8 cm³/mol. The van der Waals surface area contributed by atoms with Gasteiger partial charge in [-0.2, -0.15) is 0 Å². The number of ether oxygens (including phenoxy) is 1. The summed E-state index contributed by atoms with van der Waals surface area (Å²) in [6.07, 6.45) is 0. The molecule has 0 fully saturated rings. The van der Waals surface area contributed by atoms with Crippen LogP contribution in [0, 0.1) is 11.6 Å². The molecule has 128 valence electrons. The smallest absolute Gasteiger partial charge is 0.173 e. The molecule has 9 heteroatoms. The summed E-state index contributed by atoms with van der Waals surface area (Å²) in [7, 11) is 0. The number of halogens is 3. The number of Topliss-reactive ketones (excluding diaryl/α,β-unsaturated/α-hetero) is 1. The van der Waals surface area contributed by atoms with E-state index in [4.69, 9.17) is 4.74 Å². The summed E-state index contributed by atoms with van der Waals surface area (Å²) in [6.45, 7) is -0.217. The molecule has 0 aromatic heterocycles. The second-order valence-electron chi connectivity index (χ2n) is 4.63. The molecule has 5 nitrogen and oxygen atoms in total. The maximum absolute atomic E-state index is 13.6. The highest BCUT2D eigenvalue weighted by Gasteiger charge is 2.11. The van der Waals surface area contributed by atoms with E-state index in [9.17, 15) is 22.3 Å². The standard InChI is InChI=1S/C15H12BrF2NO4S/c16-7-14(20)9-1-3-13(19-24(21)22)10(5-9)8-23-15-4-2-11(17)6-12(15)18/h1-6,19H,7-8H2,(H,21,22)/p-1. The summed E-state index contributed by atoms with van der Waals surface area (Å²) in [6, 6.07) is 7.14. The lowest BCUT2D eigenvalue weighted by Crippen LogP contribution is -2.09. The van der Waals surface area contributed by atoms with E-state index in [0.29, 0.717) is 17.2 Å². The summed E-state index contributed by atoms with van der Waals surface area (Å²) >= 11 is 0.472. The number of carbonyl (C=O) groups is 1. The average Bonchev–Trinajstić information content (AvgIpc) is 2.54. The summed E-state index contributed by atoms with van der Waals surface area (Å²) < 4.78 is 55.6. The highest BCUT2D eigenvalue weighted by Crippen LogP contribution is 2.23.